The van der Waals surface area contributed by atoms with Crippen molar-refractivity contribution in [1.29, 1.82) is 0 Å². The minimum absolute atomic E-state index is 0.518. The van der Waals surface area contributed by atoms with Gasteiger partial charge in [0.15, 0.2) is 0 Å². The van der Waals surface area contributed by atoms with Gasteiger partial charge in [-0.1, -0.05) is 6.07 Å². The molecule has 2 N–H and O–H groups in total. The molecular formula is C13H20N2O. The minimum Gasteiger partial charge on any atom is -0.385 e. The summed E-state index contributed by atoms with van der Waals surface area (Å²) in [6.07, 6.45) is 2.26. The third-order valence-electron chi connectivity index (χ3n) is 2.97. The molecule has 0 aromatic heterocycles. The molecule has 88 valence electrons. The second kappa shape index (κ2) is 5.21. The number of aryl methyl sites for hydroxylation is 1. The summed E-state index contributed by atoms with van der Waals surface area (Å²) < 4.78 is 5.07. The average molecular weight is 220 g/mol. The summed E-state index contributed by atoms with van der Waals surface area (Å²) in [5, 5.41) is 7.04. The molecule has 0 spiro atoms. The molecule has 3 nitrogen and oxygen atoms in total. The Morgan fingerprint density at radius 1 is 1.38 bits per heavy atom. The van der Waals surface area contributed by atoms with Gasteiger partial charge < -0.3 is 15.4 Å². The Kier molecular flexibility index (Phi) is 3.67. The molecule has 0 aliphatic carbocycles. The average Bonchev–Trinajstić information content (AvgIpc) is 2.29. The van der Waals surface area contributed by atoms with Gasteiger partial charge in [0.05, 0.1) is 11.4 Å². The number of fused-ring (bicyclic) bond motifs is 1. The molecule has 1 aromatic rings. The Hall–Kier alpha value is -1.22. The quantitative estimate of drug-likeness (QED) is 0.765. The van der Waals surface area contributed by atoms with Crippen LogP contribution in [0.2, 0.25) is 0 Å². The van der Waals surface area contributed by atoms with Crippen LogP contribution in [0.5, 0.6) is 0 Å². The summed E-state index contributed by atoms with van der Waals surface area (Å²) in [7, 11) is 1.76. The number of ether oxygens (including phenoxy) is 1. The highest BCUT2D eigenvalue weighted by Gasteiger charge is 2.16. The summed E-state index contributed by atoms with van der Waals surface area (Å²) >= 11 is 0. The molecule has 0 saturated carbocycles. The van der Waals surface area contributed by atoms with Gasteiger partial charge in [0.25, 0.3) is 0 Å². The van der Waals surface area contributed by atoms with Crippen molar-refractivity contribution in [2.45, 2.75) is 25.8 Å². The van der Waals surface area contributed by atoms with Crippen molar-refractivity contribution in [2.75, 3.05) is 30.9 Å². The lowest BCUT2D eigenvalue weighted by molar-refractivity contribution is 0.191. The highest BCUT2D eigenvalue weighted by Crippen LogP contribution is 2.27. The van der Waals surface area contributed by atoms with Crippen LogP contribution in [0, 0.1) is 6.92 Å². The molecule has 0 bridgehead atoms. The van der Waals surface area contributed by atoms with Gasteiger partial charge in [-0.15, -0.1) is 0 Å². The minimum atomic E-state index is 0.518. The SMILES string of the molecule is COCCCC1CNc2ccc(C)cc2N1. The second-order valence-corrected chi connectivity index (χ2v) is 4.41. The lowest BCUT2D eigenvalue weighted by Crippen LogP contribution is -2.33. The zero-order valence-electron chi connectivity index (χ0n) is 10.0. The van der Waals surface area contributed by atoms with Crippen molar-refractivity contribution in [3.8, 4) is 0 Å². The van der Waals surface area contributed by atoms with E-state index in [-0.39, 0.29) is 0 Å². The van der Waals surface area contributed by atoms with Gasteiger partial charge >= 0.3 is 0 Å². The van der Waals surface area contributed by atoms with Crippen LogP contribution in [-0.4, -0.2) is 26.3 Å². The first kappa shape index (κ1) is 11.3. The molecule has 1 heterocycles. The highest BCUT2D eigenvalue weighted by molar-refractivity contribution is 5.72. The maximum atomic E-state index is 5.07. The fourth-order valence-corrected chi connectivity index (χ4v) is 2.08. The Balaban J connectivity index is 1.94. The first-order valence-corrected chi connectivity index (χ1v) is 5.89. The predicted molar refractivity (Wildman–Crippen MR) is 68.2 cm³/mol. The van der Waals surface area contributed by atoms with E-state index in [0.29, 0.717) is 6.04 Å². The van der Waals surface area contributed by atoms with Crippen molar-refractivity contribution in [1.82, 2.24) is 0 Å². The van der Waals surface area contributed by atoms with Crippen LogP contribution in [-0.2, 0) is 4.74 Å². The van der Waals surface area contributed by atoms with Gasteiger partial charge in [0, 0.05) is 26.3 Å². The fourth-order valence-electron chi connectivity index (χ4n) is 2.08. The molecule has 2 rings (SSSR count). The number of hydrogen-bond donors (Lipinski definition) is 2. The fraction of sp³-hybridized carbons (Fsp3) is 0.538. The molecular weight excluding hydrogens is 200 g/mol. The summed E-state index contributed by atoms with van der Waals surface area (Å²) in [5.74, 6) is 0. The first-order chi connectivity index (χ1) is 7.79. The number of nitrogens with one attached hydrogen (secondary N) is 2. The van der Waals surface area contributed by atoms with Gasteiger partial charge in [0.1, 0.15) is 0 Å². The van der Waals surface area contributed by atoms with E-state index >= 15 is 0 Å². The van der Waals surface area contributed by atoms with E-state index in [4.69, 9.17) is 4.74 Å². The topological polar surface area (TPSA) is 33.3 Å². The van der Waals surface area contributed by atoms with E-state index in [2.05, 4.69) is 35.8 Å². The van der Waals surface area contributed by atoms with Gasteiger partial charge in [-0.25, -0.2) is 0 Å². The number of rotatable bonds is 4. The molecule has 1 aliphatic heterocycles. The lowest BCUT2D eigenvalue weighted by Gasteiger charge is -2.28. The van der Waals surface area contributed by atoms with Crippen LogP contribution in [0.1, 0.15) is 18.4 Å². The molecule has 1 aliphatic rings. The molecule has 1 atom stereocenters. The van der Waals surface area contributed by atoms with Crippen LogP contribution in [0.4, 0.5) is 11.4 Å². The zero-order valence-corrected chi connectivity index (χ0v) is 10.0. The first-order valence-electron chi connectivity index (χ1n) is 5.89. The maximum absolute atomic E-state index is 5.07. The smallest absolute Gasteiger partial charge is 0.0581 e. The predicted octanol–water partition coefficient (Wildman–Crippen LogP) is 2.63. The molecule has 3 heteroatoms. The summed E-state index contributed by atoms with van der Waals surface area (Å²) in [4.78, 5) is 0. The Labute approximate surface area is 97.2 Å². The molecule has 0 radical (unpaired) electrons. The number of hydrogen-bond acceptors (Lipinski definition) is 3. The van der Waals surface area contributed by atoms with Crippen molar-refractivity contribution in [3.63, 3.8) is 0 Å². The maximum Gasteiger partial charge on any atom is 0.0581 e. The van der Waals surface area contributed by atoms with Gasteiger partial charge in [-0.05, 0) is 37.5 Å². The van der Waals surface area contributed by atoms with Gasteiger partial charge in [-0.3, -0.25) is 0 Å². The van der Waals surface area contributed by atoms with E-state index in [9.17, 15) is 0 Å². The van der Waals surface area contributed by atoms with Crippen LogP contribution >= 0.6 is 0 Å². The summed E-state index contributed by atoms with van der Waals surface area (Å²) in [6.45, 7) is 3.97. The normalized spacial score (nSPS) is 18.5. The molecule has 1 aromatic carbocycles. The van der Waals surface area contributed by atoms with Crippen molar-refractivity contribution in [2.24, 2.45) is 0 Å². The number of methoxy groups -OCH3 is 1. The molecule has 0 amide bonds. The Bertz CT molecular complexity index is 352. The monoisotopic (exact) mass is 220 g/mol. The van der Waals surface area contributed by atoms with E-state index in [1.165, 1.54) is 16.9 Å². The largest absolute Gasteiger partial charge is 0.385 e. The third-order valence-corrected chi connectivity index (χ3v) is 2.97. The molecule has 0 fully saturated rings. The number of anilines is 2. The van der Waals surface area contributed by atoms with Crippen LogP contribution in [0.3, 0.4) is 0 Å². The zero-order chi connectivity index (χ0) is 11.4. The summed E-state index contributed by atoms with van der Waals surface area (Å²) in [6, 6.07) is 7.00. The van der Waals surface area contributed by atoms with Crippen LogP contribution in [0.25, 0.3) is 0 Å². The third kappa shape index (κ3) is 2.67. The molecule has 0 saturated heterocycles. The van der Waals surface area contributed by atoms with Crippen molar-refractivity contribution in [3.05, 3.63) is 23.8 Å². The van der Waals surface area contributed by atoms with E-state index in [1.807, 2.05) is 0 Å². The van der Waals surface area contributed by atoms with Crippen LogP contribution < -0.4 is 10.6 Å². The number of benzene rings is 1. The Morgan fingerprint density at radius 3 is 3.06 bits per heavy atom. The Morgan fingerprint density at radius 2 is 2.25 bits per heavy atom. The summed E-state index contributed by atoms with van der Waals surface area (Å²) in [5.41, 5.74) is 3.74. The van der Waals surface area contributed by atoms with E-state index in [0.717, 1.165) is 26.0 Å². The molecule has 16 heavy (non-hydrogen) atoms. The highest BCUT2D eigenvalue weighted by atomic mass is 16.5. The molecule has 1 unspecified atom stereocenters. The van der Waals surface area contributed by atoms with Crippen molar-refractivity contribution >= 4 is 11.4 Å². The van der Waals surface area contributed by atoms with E-state index in [1.54, 1.807) is 7.11 Å². The second-order valence-electron chi connectivity index (χ2n) is 4.41. The van der Waals surface area contributed by atoms with Crippen molar-refractivity contribution < 1.29 is 4.74 Å². The van der Waals surface area contributed by atoms with Gasteiger partial charge in [0.2, 0.25) is 0 Å². The lowest BCUT2D eigenvalue weighted by atomic mass is 10.1. The van der Waals surface area contributed by atoms with Gasteiger partial charge in [-0.2, -0.15) is 0 Å². The van der Waals surface area contributed by atoms with Crippen LogP contribution in [0.15, 0.2) is 18.2 Å². The standard InChI is InChI=1S/C13H20N2O/c1-10-5-6-12-13(8-10)15-11(9-14-12)4-3-7-16-2/h5-6,8,11,14-15H,3-4,7,9H2,1-2H3. The van der Waals surface area contributed by atoms with E-state index < -0.39 is 0 Å².